The van der Waals surface area contributed by atoms with Gasteiger partial charge in [-0.3, -0.25) is 8.86 Å². The summed E-state index contributed by atoms with van der Waals surface area (Å²) in [5.74, 6) is 0. The zero-order valence-electron chi connectivity index (χ0n) is 12.2. The molecule has 0 saturated carbocycles. The Balaban J connectivity index is 1.90. The van der Waals surface area contributed by atoms with Crippen LogP contribution in [0.3, 0.4) is 0 Å². The summed E-state index contributed by atoms with van der Waals surface area (Å²) in [7, 11) is -1.23. The first kappa shape index (κ1) is 16.7. The topological polar surface area (TPSA) is 81.6 Å². The molecule has 0 radical (unpaired) electrons. The zero-order chi connectivity index (χ0) is 15.7. The van der Waals surface area contributed by atoms with Gasteiger partial charge in [-0.1, -0.05) is 5.10 Å². The first-order valence-corrected chi connectivity index (χ1v) is 9.82. The van der Waals surface area contributed by atoms with E-state index in [2.05, 4.69) is 15.1 Å². The van der Waals surface area contributed by atoms with Gasteiger partial charge < -0.3 is 9.94 Å². The minimum Gasteiger partial charge on any atom is -0.623 e. The Kier molecular flexibility index (Phi) is 5.10. The molecule has 0 spiro atoms. The smallest absolute Gasteiger partial charge is 0.310 e. The lowest BCUT2D eigenvalue weighted by atomic mass is 10.3. The molecule has 3 atom stereocenters. The highest BCUT2D eigenvalue weighted by atomic mass is 35.5. The second kappa shape index (κ2) is 6.73. The summed E-state index contributed by atoms with van der Waals surface area (Å²) in [4.78, 5) is 4.03. The van der Waals surface area contributed by atoms with Crippen molar-refractivity contribution < 1.29 is 8.95 Å². The van der Waals surface area contributed by atoms with Crippen LogP contribution in [-0.2, 0) is 15.5 Å². The van der Waals surface area contributed by atoms with Gasteiger partial charge in [0.15, 0.2) is 6.17 Å². The van der Waals surface area contributed by atoms with Crippen molar-refractivity contribution in [3.63, 3.8) is 0 Å². The van der Waals surface area contributed by atoms with E-state index in [1.54, 1.807) is 0 Å². The second-order valence-corrected chi connectivity index (χ2v) is 8.09. The number of rotatable bonds is 4. The molecule has 8 nitrogen and oxygen atoms in total. The standard InChI is InChI=1S/C11H18ClN5O3S2/c1-22(19)11-14-13-10(21-11)17(18)8-15(7-12)6-9(17)16-2-4-20-5-3-16/h9H,2-8H2,1H3. The molecule has 1 aromatic rings. The van der Waals surface area contributed by atoms with Gasteiger partial charge in [-0.05, 0) is 11.3 Å². The fraction of sp³-hybridized carbons (Fsp3) is 0.818. The van der Waals surface area contributed by atoms with E-state index >= 15 is 0 Å². The molecule has 11 heteroatoms. The molecule has 0 amide bonds. The van der Waals surface area contributed by atoms with Crippen LogP contribution in [0.2, 0.25) is 0 Å². The third-order valence-electron chi connectivity index (χ3n) is 3.91. The number of alkyl halides is 1. The van der Waals surface area contributed by atoms with Crippen LogP contribution >= 0.6 is 22.9 Å². The summed E-state index contributed by atoms with van der Waals surface area (Å²) >= 11 is 7.06. The molecular formula is C11H18ClN5O3S2. The number of hydrogen-bond donors (Lipinski definition) is 0. The van der Waals surface area contributed by atoms with Crippen LogP contribution in [0.5, 0.6) is 0 Å². The number of nitrogens with zero attached hydrogens (tertiary/aromatic N) is 5. The van der Waals surface area contributed by atoms with Gasteiger partial charge in [0.2, 0.25) is 4.34 Å². The summed E-state index contributed by atoms with van der Waals surface area (Å²) in [6, 6.07) is 0.300. The van der Waals surface area contributed by atoms with Crippen molar-refractivity contribution in [3.05, 3.63) is 5.21 Å². The molecule has 3 heterocycles. The number of ether oxygens (including phenoxy) is 1. The second-order valence-electron chi connectivity index (χ2n) is 5.34. The highest BCUT2D eigenvalue weighted by Gasteiger charge is 2.47. The van der Waals surface area contributed by atoms with Crippen molar-refractivity contribution >= 4 is 38.9 Å². The van der Waals surface area contributed by atoms with E-state index in [-0.39, 0.29) is 12.8 Å². The Morgan fingerprint density at radius 1 is 1.50 bits per heavy atom. The molecule has 3 rings (SSSR count). The summed E-state index contributed by atoms with van der Waals surface area (Å²) < 4.78 is 16.7. The summed E-state index contributed by atoms with van der Waals surface area (Å²) in [5, 5.41) is 21.8. The molecule has 3 unspecified atom stereocenters. The van der Waals surface area contributed by atoms with Crippen molar-refractivity contribution in [2.45, 2.75) is 10.5 Å². The largest absolute Gasteiger partial charge is 0.623 e. The third kappa shape index (κ3) is 3.06. The lowest BCUT2D eigenvalue weighted by Gasteiger charge is -2.45. The Hall–Kier alpha value is -0.200. The Labute approximate surface area is 140 Å². The average molecular weight is 368 g/mol. The number of aromatic nitrogens is 2. The third-order valence-corrected chi connectivity index (χ3v) is 6.61. The first-order valence-electron chi connectivity index (χ1n) is 6.91. The Morgan fingerprint density at radius 3 is 2.82 bits per heavy atom. The van der Waals surface area contributed by atoms with E-state index in [0.717, 1.165) is 11.3 Å². The maximum atomic E-state index is 13.5. The van der Waals surface area contributed by atoms with Crippen LogP contribution in [0.1, 0.15) is 0 Å². The highest BCUT2D eigenvalue weighted by Crippen LogP contribution is 2.36. The predicted octanol–water partition coefficient (Wildman–Crippen LogP) is 0.208. The number of morpholine rings is 1. The lowest BCUT2D eigenvalue weighted by molar-refractivity contribution is -0.00412. The fourth-order valence-corrected chi connectivity index (χ4v) is 4.49. The Morgan fingerprint density at radius 2 is 2.23 bits per heavy atom. The molecule has 2 aliphatic heterocycles. The maximum absolute atomic E-state index is 13.5. The van der Waals surface area contributed by atoms with E-state index in [1.807, 2.05) is 4.90 Å². The van der Waals surface area contributed by atoms with Gasteiger partial charge in [0.05, 0.1) is 36.6 Å². The van der Waals surface area contributed by atoms with Crippen molar-refractivity contribution in [2.75, 3.05) is 51.8 Å². The summed E-state index contributed by atoms with van der Waals surface area (Å²) in [5.41, 5.74) is 0. The summed E-state index contributed by atoms with van der Waals surface area (Å²) in [6.07, 6.45) is 1.25. The van der Waals surface area contributed by atoms with Gasteiger partial charge in [-0.2, -0.15) is 0 Å². The van der Waals surface area contributed by atoms with Gasteiger partial charge >= 0.3 is 5.13 Å². The molecule has 2 fully saturated rings. The number of hydrogen-bond acceptors (Lipinski definition) is 8. The van der Waals surface area contributed by atoms with Gasteiger partial charge in [0.25, 0.3) is 0 Å². The van der Waals surface area contributed by atoms with E-state index < -0.39 is 15.4 Å². The summed E-state index contributed by atoms with van der Waals surface area (Å²) in [6.45, 7) is 3.49. The van der Waals surface area contributed by atoms with Crippen LogP contribution in [0.4, 0.5) is 5.13 Å². The van der Waals surface area contributed by atoms with Crippen molar-refractivity contribution in [3.8, 4) is 0 Å². The Bertz CT molecular complexity index is 556. The van der Waals surface area contributed by atoms with E-state index in [1.165, 1.54) is 6.26 Å². The van der Waals surface area contributed by atoms with Gasteiger partial charge in [-0.25, -0.2) is 9.80 Å². The highest BCUT2D eigenvalue weighted by molar-refractivity contribution is 7.86. The molecule has 0 aromatic carbocycles. The zero-order valence-corrected chi connectivity index (χ0v) is 14.6. The SMILES string of the molecule is CS(=O)c1nnc([N+]2([O-])CN(CCl)CC2N2CCOCC2)s1. The first-order chi connectivity index (χ1) is 10.5. The van der Waals surface area contributed by atoms with E-state index in [0.29, 0.717) is 48.3 Å². The van der Waals surface area contributed by atoms with Crippen LogP contribution in [0, 0.1) is 5.21 Å². The molecule has 0 N–H and O–H groups in total. The minimum absolute atomic E-state index is 0.233. The van der Waals surface area contributed by atoms with Crippen molar-refractivity contribution in [2.24, 2.45) is 0 Å². The average Bonchev–Trinajstić information content (AvgIpc) is 3.13. The van der Waals surface area contributed by atoms with E-state index in [9.17, 15) is 9.42 Å². The van der Waals surface area contributed by atoms with Crippen molar-refractivity contribution in [1.82, 2.24) is 24.6 Å². The molecular weight excluding hydrogens is 350 g/mol. The van der Waals surface area contributed by atoms with Crippen LogP contribution in [0.15, 0.2) is 4.34 Å². The molecule has 0 bridgehead atoms. The quantitative estimate of drug-likeness (QED) is 0.325. The predicted molar refractivity (Wildman–Crippen MR) is 85.9 cm³/mol. The molecule has 2 aliphatic rings. The normalized spacial score (nSPS) is 32.4. The van der Waals surface area contributed by atoms with Gasteiger partial charge in [0.1, 0.15) is 6.67 Å². The molecule has 2 saturated heterocycles. The van der Waals surface area contributed by atoms with Gasteiger partial charge in [0, 0.05) is 19.3 Å². The van der Waals surface area contributed by atoms with Crippen LogP contribution in [0.25, 0.3) is 0 Å². The van der Waals surface area contributed by atoms with E-state index in [4.69, 9.17) is 16.3 Å². The molecule has 1 aromatic heterocycles. The number of hydroxylamine groups is 2. The van der Waals surface area contributed by atoms with Crippen molar-refractivity contribution in [1.29, 1.82) is 0 Å². The van der Waals surface area contributed by atoms with Gasteiger partial charge in [-0.15, -0.1) is 16.7 Å². The lowest BCUT2D eigenvalue weighted by Crippen LogP contribution is -2.59. The minimum atomic E-state index is -1.23. The maximum Gasteiger partial charge on any atom is 0.310 e. The molecule has 22 heavy (non-hydrogen) atoms. The number of quaternary nitrogens is 1. The molecule has 124 valence electrons. The monoisotopic (exact) mass is 367 g/mol. The number of halogens is 1. The fourth-order valence-electron chi connectivity index (χ4n) is 2.81. The van der Waals surface area contributed by atoms with Crippen LogP contribution in [-0.4, -0.2) is 82.1 Å². The van der Waals surface area contributed by atoms with Crippen LogP contribution < -0.4 is 4.65 Å². The molecule has 0 aliphatic carbocycles.